The zero-order chi connectivity index (χ0) is 76.1. The second kappa shape index (κ2) is 40.6. The lowest BCUT2D eigenvalue weighted by Crippen LogP contribution is -2.64. The molecule has 27 nitrogen and oxygen atoms in total. The van der Waals surface area contributed by atoms with Crippen LogP contribution in [0.3, 0.4) is 0 Å². The van der Waals surface area contributed by atoms with E-state index in [4.69, 9.17) is 4.74 Å². The predicted molar refractivity (Wildman–Crippen MR) is 381 cm³/mol. The van der Waals surface area contributed by atoms with Crippen molar-refractivity contribution in [2.75, 3.05) is 88.7 Å². The summed E-state index contributed by atoms with van der Waals surface area (Å²) in [4.78, 5) is 190. The fraction of sp³-hybridized carbons (Fsp3) is 0.806. The van der Waals surface area contributed by atoms with Crippen molar-refractivity contribution in [3.63, 3.8) is 0 Å². The van der Waals surface area contributed by atoms with Gasteiger partial charge in [-0.05, 0) is 109 Å². The third-order valence-electron chi connectivity index (χ3n) is 19.5. The molecule has 0 saturated carbocycles. The summed E-state index contributed by atoms with van der Waals surface area (Å²) in [5.74, 6) is -11.5. The first-order valence-corrected chi connectivity index (χ1v) is 35.9. The highest BCUT2D eigenvalue weighted by atomic mass is 16.5. The number of piperazine rings is 1. The number of carbonyl (C=O) groups is 12. The topological polar surface area (TPSA) is 312 Å². The molecule has 0 bridgehead atoms. The van der Waals surface area contributed by atoms with E-state index in [1.807, 2.05) is 41.5 Å². The van der Waals surface area contributed by atoms with Crippen LogP contribution in [0.15, 0.2) is 12.2 Å². The van der Waals surface area contributed by atoms with E-state index < -0.39 is 161 Å². The third kappa shape index (κ3) is 24.5. The van der Waals surface area contributed by atoms with E-state index in [0.717, 1.165) is 14.7 Å². The van der Waals surface area contributed by atoms with Crippen LogP contribution in [-0.4, -0.2) is 287 Å². The number of hydrogen-bond acceptors (Lipinski definition) is 15. The van der Waals surface area contributed by atoms with Gasteiger partial charge < -0.3 is 70.3 Å². The fourth-order valence-electron chi connectivity index (χ4n) is 13.0. The van der Waals surface area contributed by atoms with E-state index in [2.05, 4.69) is 40.0 Å². The van der Waals surface area contributed by atoms with Crippen LogP contribution < -0.4 is 21.3 Å². The summed E-state index contributed by atoms with van der Waals surface area (Å²) in [7, 11) is 9.84. The molecule has 14 atom stereocenters. The van der Waals surface area contributed by atoms with Crippen molar-refractivity contribution in [2.24, 2.45) is 41.4 Å². The van der Waals surface area contributed by atoms with Crippen LogP contribution in [0.4, 0.5) is 0 Å². The summed E-state index contributed by atoms with van der Waals surface area (Å²) >= 11 is 0. The molecule has 0 aliphatic carbocycles. The minimum Gasteiger partial charge on any atom is -0.390 e. The molecule has 2 heterocycles. The molecule has 566 valence electrons. The molecular formula is C72H129N13O14. The molecule has 27 heteroatoms. The largest absolute Gasteiger partial charge is 0.390 e. The summed E-state index contributed by atoms with van der Waals surface area (Å²) in [5.41, 5.74) is 0. The minimum atomic E-state index is -1.66. The minimum absolute atomic E-state index is 0.0366. The van der Waals surface area contributed by atoms with Gasteiger partial charge in [0.05, 0.1) is 12.7 Å². The predicted octanol–water partition coefficient (Wildman–Crippen LogP) is 3.21. The number of nitrogens with zero attached hydrogens (tertiary/aromatic N) is 9. The van der Waals surface area contributed by atoms with E-state index in [-0.39, 0.29) is 69.0 Å². The molecule has 0 aromatic heterocycles. The highest BCUT2D eigenvalue weighted by Gasteiger charge is 2.47. The van der Waals surface area contributed by atoms with Crippen molar-refractivity contribution in [2.45, 2.75) is 249 Å². The van der Waals surface area contributed by atoms with Gasteiger partial charge in [0.2, 0.25) is 70.9 Å². The first-order chi connectivity index (χ1) is 45.9. The Labute approximate surface area is 592 Å². The number of amides is 12. The number of allylic oxidation sites excluding steroid dienone is 2. The number of aliphatic hydroxyl groups is 1. The maximum Gasteiger partial charge on any atom is 0.248 e. The van der Waals surface area contributed by atoms with Crippen molar-refractivity contribution < 1.29 is 67.4 Å². The van der Waals surface area contributed by atoms with Gasteiger partial charge in [0, 0.05) is 87.5 Å². The molecule has 0 aromatic rings. The zero-order valence-electron chi connectivity index (χ0n) is 65.0. The lowest BCUT2D eigenvalue weighted by molar-refractivity contribution is -0.157. The first kappa shape index (κ1) is 88.3. The molecule has 99 heavy (non-hydrogen) atoms. The van der Waals surface area contributed by atoms with Gasteiger partial charge in [0.25, 0.3) is 0 Å². The molecule has 0 unspecified atom stereocenters. The Hall–Kier alpha value is -6.74. The summed E-state index contributed by atoms with van der Waals surface area (Å²) in [6.07, 6.45) is 3.08. The highest BCUT2D eigenvalue weighted by molar-refractivity contribution is 6.00. The molecule has 5 N–H and O–H groups in total. The maximum absolute atomic E-state index is 15.4. The molecule has 2 aliphatic heterocycles. The van der Waals surface area contributed by atoms with Crippen molar-refractivity contribution in [3.8, 4) is 0 Å². The number of carbonyl (C=O) groups excluding carboxylic acids is 12. The van der Waals surface area contributed by atoms with Gasteiger partial charge in [0.15, 0.2) is 0 Å². The average molecular weight is 1400 g/mol. The van der Waals surface area contributed by atoms with Gasteiger partial charge in [-0.15, -0.1) is 0 Å². The Bertz CT molecular complexity index is 2750. The molecule has 2 rings (SSSR count). The lowest BCUT2D eigenvalue weighted by atomic mass is 9.91. The number of rotatable bonds is 20. The standard InChI is InChI=1S/C72H129N13O14/c1-27-29-31-47(15)61(87)60-65(91)75-52(30-28-2)68(94)77(20)51(19)67(93)82(25)59(48(16)39-99-40-56(86)85-34-32-84(33-35-85)46(13)14)64(90)76-57(44(9)10)71(97)78(21)53(36-41(3)4)63(89)73-49(17)62(88)74-50(18)66(92)79(22)54(37-42(5)6)69(95)80(23)55(38-43(7)8)70(96)81(24)58(45(11)12)72(98)83(60)26/h27,29,41-55,57-61,87H,28,30-40H2,1-26H3,(H,73,89)(H,74,88)(H,75,91)(H,76,90)/b29-27+/t47-,48-,49+,50-,51-,52+,53+,54+,55+,57+,58+,59+,60+,61-/m1/s1. The lowest BCUT2D eigenvalue weighted by Gasteiger charge is -2.41. The number of nitrogens with one attached hydrogen (secondary N) is 4. The number of likely N-dealkylation sites (N-methyl/N-ethyl adjacent to an activating group) is 7. The van der Waals surface area contributed by atoms with Crippen molar-refractivity contribution in [3.05, 3.63) is 12.2 Å². The molecule has 2 aliphatic rings. The van der Waals surface area contributed by atoms with Crippen LogP contribution in [0, 0.1) is 41.4 Å². The summed E-state index contributed by atoms with van der Waals surface area (Å²) < 4.78 is 6.04. The summed E-state index contributed by atoms with van der Waals surface area (Å²) in [5, 5.41) is 23.4. The number of ether oxygens (including phenoxy) is 1. The Balaban J connectivity index is 3.05. The van der Waals surface area contributed by atoms with E-state index in [1.165, 1.54) is 89.7 Å². The van der Waals surface area contributed by atoms with Crippen LogP contribution in [0.5, 0.6) is 0 Å². The SMILES string of the molecule is C/C=C/C[C@@H](C)[C@@H](O)[C@H]1C(=O)N[C@@H](CCC)C(=O)N(C)[C@H](C)C(=O)N(C)[C@@H]([C@H](C)COCC(=O)N2CCN(C(C)C)CC2)C(=O)N[C@@H](C(C)C)C(=O)N(C)[C@@H](CC(C)C)C(=O)N[C@@H](C)C(=O)N[C@H](C)C(=O)N(C)[C@@H](CC(C)C)C(=O)N(C)[C@@H](CC(C)C)C(=O)N(C)[C@@H](C(C)C)C(=O)N1C. The maximum atomic E-state index is 15.4. The summed E-state index contributed by atoms with van der Waals surface area (Å²) in [6, 6.07) is -14.1. The Morgan fingerprint density at radius 2 is 0.970 bits per heavy atom. The second-order valence-electron chi connectivity index (χ2n) is 30.2. The van der Waals surface area contributed by atoms with Crippen molar-refractivity contribution in [1.82, 2.24) is 65.4 Å². The molecule has 2 fully saturated rings. The summed E-state index contributed by atoms with van der Waals surface area (Å²) in [6.45, 7) is 35.2. The molecular weight excluding hydrogens is 1270 g/mol. The molecule has 0 radical (unpaired) electrons. The number of aliphatic hydroxyl groups excluding tert-OH is 1. The van der Waals surface area contributed by atoms with E-state index in [9.17, 15) is 29.1 Å². The van der Waals surface area contributed by atoms with Crippen molar-refractivity contribution in [1.29, 1.82) is 0 Å². The zero-order valence-corrected chi connectivity index (χ0v) is 65.0. The van der Waals surface area contributed by atoms with Gasteiger partial charge in [-0.1, -0.05) is 109 Å². The highest BCUT2D eigenvalue weighted by Crippen LogP contribution is 2.26. The Morgan fingerprint density at radius 3 is 1.45 bits per heavy atom. The van der Waals surface area contributed by atoms with Crippen LogP contribution in [0.25, 0.3) is 0 Å². The first-order valence-electron chi connectivity index (χ1n) is 35.9. The van der Waals surface area contributed by atoms with Gasteiger partial charge in [-0.2, -0.15) is 0 Å². The van der Waals surface area contributed by atoms with E-state index >= 15 is 33.6 Å². The average Bonchev–Trinajstić information content (AvgIpc) is 0.817. The monoisotopic (exact) mass is 1400 g/mol. The molecule has 2 saturated heterocycles. The van der Waals surface area contributed by atoms with Crippen LogP contribution in [0.2, 0.25) is 0 Å². The molecule has 0 spiro atoms. The Kier molecular flexibility index (Phi) is 36.3. The van der Waals surface area contributed by atoms with Gasteiger partial charge in [-0.25, -0.2) is 0 Å². The van der Waals surface area contributed by atoms with E-state index in [1.54, 1.807) is 72.4 Å². The van der Waals surface area contributed by atoms with Gasteiger partial charge in [0.1, 0.15) is 73.1 Å². The smallest absolute Gasteiger partial charge is 0.248 e. The van der Waals surface area contributed by atoms with Gasteiger partial charge in [-0.3, -0.25) is 62.4 Å². The Morgan fingerprint density at radius 1 is 0.505 bits per heavy atom. The van der Waals surface area contributed by atoms with Crippen LogP contribution in [0.1, 0.15) is 170 Å². The normalized spacial score (nSPS) is 27.0. The number of hydrogen-bond donors (Lipinski definition) is 5. The molecule has 12 amide bonds. The van der Waals surface area contributed by atoms with E-state index in [0.29, 0.717) is 38.6 Å². The quantitative estimate of drug-likeness (QED) is 0.109. The molecule has 0 aromatic carbocycles. The van der Waals surface area contributed by atoms with Gasteiger partial charge >= 0.3 is 0 Å². The van der Waals surface area contributed by atoms with Crippen LogP contribution in [-0.2, 0) is 62.3 Å². The van der Waals surface area contributed by atoms with Crippen LogP contribution >= 0.6 is 0 Å². The fourth-order valence-corrected chi connectivity index (χ4v) is 13.0. The second-order valence-corrected chi connectivity index (χ2v) is 30.2. The van der Waals surface area contributed by atoms with Crippen molar-refractivity contribution >= 4 is 70.9 Å². The third-order valence-corrected chi connectivity index (χ3v) is 19.5.